The van der Waals surface area contributed by atoms with Crippen molar-refractivity contribution in [2.45, 2.75) is 64.4 Å². The molecule has 0 saturated carbocycles. The fraction of sp³-hybridized carbons (Fsp3) is 0.583. The first-order valence-corrected chi connectivity index (χ1v) is 12.9. The second-order valence-electron chi connectivity index (χ2n) is 8.63. The Morgan fingerprint density at radius 1 is 1.17 bits per heavy atom. The van der Waals surface area contributed by atoms with Gasteiger partial charge in [0.05, 0.1) is 9.22 Å². The number of anilines is 1. The molecule has 0 amide bonds. The molecule has 0 spiro atoms. The molecule has 0 aliphatic carbocycles. The van der Waals surface area contributed by atoms with Gasteiger partial charge in [-0.3, -0.25) is 14.5 Å². The zero-order chi connectivity index (χ0) is 25.6. The highest BCUT2D eigenvalue weighted by Crippen LogP contribution is 2.32. The van der Waals surface area contributed by atoms with Crippen LogP contribution in [0.25, 0.3) is 10.9 Å². The van der Waals surface area contributed by atoms with Gasteiger partial charge in [0.25, 0.3) is 0 Å². The van der Waals surface area contributed by atoms with Gasteiger partial charge in [-0.15, -0.1) is 0 Å². The number of esters is 2. The topological polar surface area (TPSA) is 72.8 Å². The van der Waals surface area contributed by atoms with E-state index in [1.807, 2.05) is 28.7 Å². The van der Waals surface area contributed by atoms with Crippen molar-refractivity contribution in [3.8, 4) is 0 Å². The van der Waals surface area contributed by atoms with E-state index in [9.17, 15) is 22.8 Å². The number of nitrogens with one attached hydrogen (secondary N) is 1. The molecule has 7 nitrogen and oxygen atoms in total. The van der Waals surface area contributed by atoms with Crippen LogP contribution in [0.3, 0.4) is 0 Å². The third kappa shape index (κ3) is 7.99. The van der Waals surface area contributed by atoms with Crippen molar-refractivity contribution >= 4 is 51.1 Å². The Labute approximate surface area is 216 Å². The number of benzene rings is 1. The fourth-order valence-electron chi connectivity index (χ4n) is 4.17. The van der Waals surface area contributed by atoms with E-state index in [1.54, 1.807) is 32.0 Å². The molecule has 2 aromatic rings. The molecule has 3 rings (SSSR count). The summed E-state index contributed by atoms with van der Waals surface area (Å²) in [7, 11) is 0. The van der Waals surface area contributed by atoms with Crippen molar-refractivity contribution < 1.29 is 32.2 Å². The molecule has 194 valence electrons. The number of hydrogen-bond donors (Lipinski definition) is 1. The number of carbonyl (C=O) groups excluding carboxylic acids is 2. The van der Waals surface area contributed by atoms with Gasteiger partial charge in [-0.05, 0) is 53.6 Å². The quantitative estimate of drug-likeness (QED) is 0.304. The van der Waals surface area contributed by atoms with Gasteiger partial charge in [-0.2, -0.15) is 13.2 Å². The maximum atomic E-state index is 13.0. The third-order valence-corrected chi connectivity index (χ3v) is 6.84. The van der Waals surface area contributed by atoms with E-state index in [2.05, 4.69) is 10.2 Å². The number of nitrogens with zero attached hydrogens (tertiary/aromatic N) is 2. The van der Waals surface area contributed by atoms with E-state index >= 15 is 0 Å². The average molecular weight is 609 g/mol. The summed E-state index contributed by atoms with van der Waals surface area (Å²) in [6.07, 6.45) is -2.66. The number of halogens is 4. The molecule has 1 N–H and O–H groups in total. The Kier molecular flexibility index (Phi) is 9.68. The molecule has 11 heteroatoms. The van der Waals surface area contributed by atoms with E-state index in [-0.39, 0.29) is 37.4 Å². The Hall–Kier alpha value is -2.02. The van der Waals surface area contributed by atoms with Crippen molar-refractivity contribution in [3.63, 3.8) is 0 Å². The largest absolute Gasteiger partial charge is 0.462 e. The minimum atomic E-state index is -4.29. The second kappa shape index (κ2) is 12.3. The van der Waals surface area contributed by atoms with Crippen molar-refractivity contribution in [2.24, 2.45) is 0 Å². The molecule has 1 unspecified atom stereocenters. The standard InChI is InChI=1S/C24H31F3IN3O4/c1-3-22(32)34-14-17(35-23(33)4-2)13-30-10-8-16(9-11-30)29-19-6-5-7-20-18(19)12-21(28)31(20)15-24(25,26)27/h5-7,12,16-17,29H,3-4,8-11,13-15H2,1-2H3. The molecule has 1 aliphatic rings. The highest BCUT2D eigenvalue weighted by atomic mass is 127. The Balaban J connectivity index is 1.60. The number of piperidine rings is 1. The smallest absolute Gasteiger partial charge is 0.406 e. The van der Waals surface area contributed by atoms with Gasteiger partial charge >= 0.3 is 18.1 Å². The highest BCUT2D eigenvalue weighted by Gasteiger charge is 2.30. The molecule has 1 atom stereocenters. The van der Waals surface area contributed by atoms with Crippen molar-refractivity contribution in [2.75, 3.05) is 31.6 Å². The van der Waals surface area contributed by atoms with Gasteiger partial charge in [0.2, 0.25) is 0 Å². The lowest BCUT2D eigenvalue weighted by molar-refractivity contribution is -0.160. The molecule has 35 heavy (non-hydrogen) atoms. The van der Waals surface area contributed by atoms with Gasteiger partial charge in [0.15, 0.2) is 0 Å². The van der Waals surface area contributed by atoms with Gasteiger partial charge < -0.3 is 19.4 Å². The molecule has 1 fully saturated rings. The first-order valence-electron chi connectivity index (χ1n) is 11.8. The summed E-state index contributed by atoms with van der Waals surface area (Å²) in [5.41, 5.74) is 1.37. The number of hydrogen-bond acceptors (Lipinski definition) is 6. The zero-order valence-corrected chi connectivity index (χ0v) is 22.0. The molecule has 1 saturated heterocycles. The molecule has 0 radical (unpaired) electrons. The summed E-state index contributed by atoms with van der Waals surface area (Å²) in [5.74, 6) is -0.669. The number of rotatable bonds is 10. The molecule has 2 heterocycles. The van der Waals surface area contributed by atoms with Crippen LogP contribution in [0.1, 0.15) is 39.5 Å². The maximum Gasteiger partial charge on any atom is 0.406 e. The zero-order valence-electron chi connectivity index (χ0n) is 19.9. The fourth-order valence-corrected chi connectivity index (χ4v) is 4.91. The molecular weight excluding hydrogens is 578 g/mol. The normalized spacial score (nSPS) is 16.3. The van der Waals surface area contributed by atoms with Crippen LogP contribution in [0.15, 0.2) is 24.3 Å². The summed E-state index contributed by atoms with van der Waals surface area (Å²) in [5, 5.41) is 4.28. The lowest BCUT2D eigenvalue weighted by Gasteiger charge is -2.34. The molecular formula is C24H31F3IN3O4. The predicted molar refractivity (Wildman–Crippen MR) is 135 cm³/mol. The van der Waals surface area contributed by atoms with Crippen LogP contribution in [-0.2, 0) is 25.6 Å². The van der Waals surface area contributed by atoms with Crippen molar-refractivity contribution in [3.05, 3.63) is 28.0 Å². The van der Waals surface area contributed by atoms with Crippen LogP contribution in [0.2, 0.25) is 0 Å². The van der Waals surface area contributed by atoms with Crippen LogP contribution in [0.5, 0.6) is 0 Å². The summed E-state index contributed by atoms with van der Waals surface area (Å²) in [6, 6.07) is 7.32. The minimum Gasteiger partial charge on any atom is -0.462 e. The Bertz CT molecular complexity index is 1020. The molecule has 1 aromatic carbocycles. The van der Waals surface area contributed by atoms with Crippen molar-refractivity contribution in [1.29, 1.82) is 0 Å². The number of fused-ring (bicyclic) bond motifs is 1. The van der Waals surface area contributed by atoms with Crippen LogP contribution in [-0.4, -0.2) is 66.0 Å². The van der Waals surface area contributed by atoms with Crippen LogP contribution in [0, 0.1) is 3.70 Å². The van der Waals surface area contributed by atoms with Crippen LogP contribution >= 0.6 is 22.6 Å². The minimum absolute atomic E-state index is 0.0339. The van der Waals surface area contributed by atoms with E-state index in [4.69, 9.17) is 9.47 Å². The Morgan fingerprint density at radius 3 is 2.49 bits per heavy atom. The monoisotopic (exact) mass is 609 g/mol. The van der Waals surface area contributed by atoms with Crippen molar-refractivity contribution in [1.82, 2.24) is 9.47 Å². The first kappa shape index (κ1) is 27.6. The number of alkyl halides is 3. The lowest BCUT2D eigenvalue weighted by Crippen LogP contribution is -2.44. The van der Waals surface area contributed by atoms with E-state index in [0.717, 1.165) is 37.0 Å². The van der Waals surface area contributed by atoms with Gasteiger partial charge in [-0.25, -0.2) is 0 Å². The summed E-state index contributed by atoms with van der Waals surface area (Å²) < 4.78 is 51.6. The summed E-state index contributed by atoms with van der Waals surface area (Å²) in [4.78, 5) is 25.5. The molecule has 0 bridgehead atoms. The SMILES string of the molecule is CCC(=O)OCC(CN1CCC(Nc2cccc3c2cc(I)n3CC(F)(F)F)CC1)OC(=O)CC. The third-order valence-electron chi connectivity index (χ3n) is 5.95. The van der Waals surface area contributed by atoms with Gasteiger partial charge in [0.1, 0.15) is 19.3 Å². The first-order chi connectivity index (χ1) is 16.6. The number of aromatic nitrogens is 1. The van der Waals surface area contributed by atoms with E-state index in [1.165, 1.54) is 4.57 Å². The van der Waals surface area contributed by atoms with Crippen LogP contribution in [0.4, 0.5) is 18.9 Å². The van der Waals surface area contributed by atoms with Gasteiger partial charge in [0, 0.05) is 49.6 Å². The maximum absolute atomic E-state index is 13.0. The Morgan fingerprint density at radius 2 is 1.86 bits per heavy atom. The van der Waals surface area contributed by atoms with Gasteiger partial charge in [-0.1, -0.05) is 19.9 Å². The molecule has 1 aliphatic heterocycles. The second-order valence-corrected chi connectivity index (χ2v) is 9.73. The number of carbonyl (C=O) groups is 2. The van der Waals surface area contributed by atoms with Crippen LogP contribution < -0.4 is 5.32 Å². The number of likely N-dealkylation sites (tertiary alicyclic amines) is 1. The summed E-state index contributed by atoms with van der Waals surface area (Å²) >= 11 is 1.94. The average Bonchev–Trinajstić information content (AvgIpc) is 3.13. The molecule has 1 aromatic heterocycles. The van der Waals surface area contributed by atoms with E-state index < -0.39 is 18.8 Å². The van der Waals surface area contributed by atoms with E-state index in [0.29, 0.717) is 15.8 Å². The lowest BCUT2D eigenvalue weighted by atomic mass is 10.0. The number of ether oxygens (including phenoxy) is 2. The summed E-state index contributed by atoms with van der Waals surface area (Å²) in [6.45, 7) is 4.42. The predicted octanol–water partition coefficient (Wildman–Crippen LogP) is 4.96. The highest BCUT2D eigenvalue weighted by molar-refractivity contribution is 14.1.